The van der Waals surface area contributed by atoms with E-state index < -0.39 is 5.41 Å². The number of carbonyl (C=O) groups is 1. The normalized spacial score (nSPS) is 25.1. The van der Waals surface area contributed by atoms with Crippen LogP contribution in [0.4, 0.5) is 0 Å². The van der Waals surface area contributed by atoms with Crippen LogP contribution in [-0.2, 0) is 17.8 Å². The van der Waals surface area contributed by atoms with E-state index in [0.717, 1.165) is 22.3 Å². The highest BCUT2D eigenvalue weighted by molar-refractivity contribution is 5.94. The first-order valence-electron chi connectivity index (χ1n) is 8.17. The molecule has 1 heterocycles. The maximum absolute atomic E-state index is 13.1. The summed E-state index contributed by atoms with van der Waals surface area (Å²) in [6.07, 6.45) is 0.480. The molecule has 0 radical (unpaired) electrons. The molecule has 2 atom stereocenters. The third-order valence-electron chi connectivity index (χ3n) is 5.34. The van der Waals surface area contributed by atoms with Gasteiger partial charge in [0.2, 0.25) is 5.91 Å². The second-order valence-corrected chi connectivity index (χ2v) is 6.67. The predicted molar refractivity (Wildman–Crippen MR) is 92.6 cm³/mol. The third kappa shape index (κ3) is 2.00. The van der Waals surface area contributed by atoms with E-state index in [2.05, 4.69) is 12.6 Å². The fraction of sp³-hybridized carbons (Fsp3) is 0.238. The molecule has 0 bridgehead atoms. The maximum atomic E-state index is 13.1. The Morgan fingerprint density at radius 1 is 1.17 bits per heavy atom. The highest BCUT2D eigenvalue weighted by Crippen LogP contribution is 2.51. The average Bonchev–Trinajstić information content (AvgIpc) is 2.89. The van der Waals surface area contributed by atoms with Crippen molar-refractivity contribution < 1.29 is 4.79 Å². The second kappa shape index (κ2) is 5.35. The van der Waals surface area contributed by atoms with Gasteiger partial charge < -0.3 is 4.90 Å². The summed E-state index contributed by atoms with van der Waals surface area (Å²) in [6.45, 7) is 5.35. The lowest BCUT2D eigenvalue weighted by Gasteiger charge is -2.33. The molecule has 24 heavy (non-hydrogen) atoms. The number of nitrogens with zero attached hydrogens (tertiary/aromatic N) is 2. The van der Waals surface area contributed by atoms with Crippen molar-refractivity contribution in [1.29, 1.82) is 5.26 Å². The quantitative estimate of drug-likeness (QED) is 0.852. The molecular formula is C21H18N2O. The fourth-order valence-electron chi connectivity index (χ4n) is 4.08. The minimum absolute atomic E-state index is 0.0606. The van der Waals surface area contributed by atoms with Crippen LogP contribution in [-0.4, -0.2) is 17.4 Å². The largest absolute Gasteiger partial charge is 0.336 e. The van der Waals surface area contributed by atoms with Gasteiger partial charge in [0.15, 0.2) is 0 Å². The van der Waals surface area contributed by atoms with Gasteiger partial charge in [-0.1, -0.05) is 61.2 Å². The number of amides is 1. The summed E-state index contributed by atoms with van der Waals surface area (Å²) in [5.41, 5.74) is 3.15. The van der Waals surface area contributed by atoms with Gasteiger partial charge >= 0.3 is 0 Å². The number of likely N-dealkylation sites (tertiary alicyclic amines) is 1. The molecular weight excluding hydrogens is 296 g/mol. The molecule has 1 aliphatic heterocycles. The first-order chi connectivity index (χ1) is 11.7. The zero-order valence-electron chi connectivity index (χ0n) is 13.4. The van der Waals surface area contributed by atoms with Crippen molar-refractivity contribution in [3.05, 3.63) is 77.9 Å². The Hall–Kier alpha value is -2.86. The summed E-state index contributed by atoms with van der Waals surface area (Å²) >= 11 is 0. The molecule has 2 aliphatic rings. The van der Waals surface area contributed by atoms with Crippen LogP contribution < -0.4 is 0 Å². The summed E-state index contributed by atoms with van der Waals surface area (Å²) in [5.74, 6) is -0.192. The molecule has 4 rings (SSSR count). The topological polar surface area (TPSA) is 44.1 Å². The number of rotatable bonds is 2. The van der Waals surface area contributed by atoms with Crippen LogP contribution >= 0.6 is 0 Å². The van der Waals surface area contributed by atoms with Crippen LogP contribution in [0.1, 0.15) is 16.7 Å². The molecule has 3 nitrogen and oxygen atoms in total. The minimum Gasteiger partial charge on any atom is -0.336 e. The highest BCUT2D eigenvalue weighted by atomic mass is 16.2. The molecule has 1 amide bonds. The Morgan fingerprint density at radius 2 is 1.88 bits per heavy atom. The molecule has 1 fully saturated rings. The molecule has 0 saturated carbocycles. The maximum Gasteiger partial charge on any atom is 0.244 e. The van der Waals surface area contributed by atoms with Crippen LogP contribution in [0.25, 0.3) is 5.57 Å². The summed E-state index contributed by atoms with van der Waals surface area (Å²) in [4.78, 5) is 14.9. The molecule has 1 saturated heterocycles. The van der Waals surface area contributed by atoms with Gasteiger partial charge in [-0.15, -0.1) is 0 Å². The van der Waals surface area contributed by atoms with Crippen molar-refractivity contribution in [2.75, 3.05) is 6.54 Å². The summed E-state index contributed by atoms with van der Waals surface area (Å²) < 4.78 is 0. The molecule has 0 unspecified atom stereocenters. The third-order valence-corrected chi connectivity index (χ3v) is 5.34. The van der Waals surface area contributed by atoms with Crippen molar-refractivity contribution in [1.82, 2.24) is 4.90 Å². The first-order valence-corrected chi connectivity index (χ1v) is 8.17. The number of nitriles is 1. The Balaban J connectivity index is 1.72. The van der Waals surface area contributed by atoms with Crippen molar-refractivity contribution in [2.24, 2.45) is 11.3 Å². The Kier molecular flexibility index (Phi) is 3.28. The number of carbonyl (C=O) groups excluding carboxylic acids is 1. The van der Waals surface area contributed by atoms with Crippen LogP contribution in [0, 0.1) is 22.7 Å². The van der Waals surface area contributed by atoms with Crippen LogP contribution in [0.3, 0.4) is 0 Å². The standard InChI is InChI=1S/C21H18N2O/c1-15-18-10-6-5-9-17(18)11-21(14-22)19(15)13-23(20(21)24)12-16-7-3-2-4-8-16/h2-10,19H,1,11-13H2/t19-,21-/m1/s1. The van der Waals surface area contributed by atoms with Crippen LogP contribution in [0.5, 0.6) is 0 Å². The monoisotopic (exact) mass is 314 g/mol. The van der Waals surface area contributed by atoms with E-state index in [1.165, 1.54) is 0 Å². The van der Waals surface area contributed by atoms with E-state index in [1.54, 1.807) is 0 Å². The molecule has 0 N–H and O–H groups in total. The van der Waals surface area contributed by atoms with Gasteiger partial charge in [-0.05, 0) is 22.3 Å². The van der Waals surface area contributed by atoms with Crippen molar-refractivity contribution in [3.8, 4) is 6.07 Å². The van der Waals surface area contributed by atoms with Crippen molar-refractivity contribution in [2.45, 2.75) is 13.0 Å². The first kappa shape index (κ1) is 14.7. The van der Waals surface area contributed by atoms with Gasteiger partial charge in [0.1, 0.15) is 5.41 Å². The molecule has 118 valence electrons. The van der Waals surface area contributed by atoms with Gasteiger partial charge in [-0.25, -0.2) is 0 Å². The van der Waals surface area contributed by atoms with Crippen molar-refractivity contribution >= 4 is 11.5 Å². The van der Waals surface area contributed by atoms with E-state index >= 15 is 0 Å². The lowest BCUT2D eigenvalue weighted by Crippen LogP contribution is -2.39. The van der Waals surface area contributed by atoms with Crippen molar-refractivity contribution in [3.63, 3.8) is 0 Å². The summed E-state index contributed by atoms with van der Waals surface area (Å²) in [5, 5.41) is 9.91. The molecule has 3 heteroatoms. The van der Waals surface area contributed by atoms with Gasteiger partial charge in [0.25, 0.3) is 0 Å². The van der Waals surface area contributed by atoms with E-state index in [1.807, 2.05) is 59.5 Å². The zero-order chi connectivity index (χ0) is 16.7. The molecule has 2 aromatic rings. The molecule has 0 spiro atoms. The van der Waals surface area contributed by atoms with E-state index in [-0.39, 0.29) is 11.8 Å². The average molecular weight is 314 g/mol. The molecule has 1 aliphatic carbocycles. The minimum atomic E-state index is -1.000. The molecule has 2 aromatic carbocycles. The zero-order valence-corrected chi connectivity index (χ0v) is 13.4. The summed E-state index contributed by atoms with van der Waals surface area (Å²) in [7, 11) is 0. The lowest BCUT2D eigenvalue weighted by atomic mass is 9.65. The number of hydrogen-bond donors (Lipinski definition) is 0. The van der Waals surface area contributed by atoms with E-state index in [9.17, 15) is 10.1 Å². The lowest BCUT2D eigenvalue weighted by molar-refractivity contribution is -0.134. The van der Waals surface area contributed by atoms with E-state index in [4.69, 9.17) is 0 Å². The fourth-order valence-corrected chi connectivity index (χ4v) is 4.08. The molecule has 0 aromatic heterocycles. The summed E-state index contributed by atoms with van der Waals surface area (Å²) in [6, 6.07) is 20.3. The highest BCUT2D eigenvalue weighted by Gasteiger charge is 2.57. The van der Waals surface area contributed by atoms with Crippen LogP contribution in [0.2, 0.25) is 0 Å². The smallest absolute Gasteiger partial charge is 0.244 e. The van der Waals surface area contributed by atoms with Crippen LogP contribution in [0.15, 0.2) is 61.2 Å². The Morgan fingerprint density at radius 3 is 2.62 bits per heavy atom. The number of benzene rings is 2. The number of fused-ring (bicyclic) bond motifs is 2. The van der Waals surface area contributed by atoms with Gasteiger partial charge in [0, 0.05) is 25.4 Å². The second-order valence-electron chi connectivity index (χ2n) is 6.67. The Bertz CT molecular complexity index is 865. The van der Waals surface area contributed by atoms with Gasteiger partial charge in [-0.2, -0.15) is 5.26 Å². The number of hydrogen-bond acceptors (Lipinski definition) is 2. The van der Waals surface area contributed by atoms with Gasteiger partial charge in [-0.3, -0.25) is 4.79 Å². The Labute approximate surface area is 141 Å². The predicted octanol–water partition coefficient (Wildman–Crippen LogP) is 3.42. The SMILES string of the molecule is C=C1c2ccccc2C[C@]2(C#N)C(=O)N(Cc3ccccc3)C[C@H]12. The van der Waals surface area contributed by atoms with E-state index in [0.29, 0.717) is 19.5 Å². The van der Waals surface area contributed by atoms with Gasteiger partial charge in [0.05, 0.1) is 6.07 Å².